The Hall–Kier alpha value is -2.37. The number of imidazole rings is 1. The van der Waals surface area contributed by atoms with E-state index >= 15 is 0 Å². The largest absolute Gasteiger partial charge is 0.462 e. The van der Waals surface area contributed by atoms with E-state index in [1.54, 1.807) is 17.0 Å². The molecule has 23 heavy (non-hydrogen) atoms. The van der Waals surface area contributed by atoms with E-state index in [-0.39, 0.29) is 24.4 Å². The minimum Gasteiger partial charge on any atom is -0.462 e. The molecule has 122 valence electrons. The van der Waals surface area contributed by atoms with Crippen molar-refractivity contribution in [2.24, 2.45) is 13.0 Å². The lowest BCUT2D eigenvalue weighted by Gasteiger charge is -2.13. The minimum absolute atomic E-state index is 0.0900. The monoisotopic (exact) mass is 315 g/mol. The van der Waals surface area contributed by atoms with Gasteiger partial charge in [-0.25, -0.2) is 9.78 Å². The Labute approximate surface area is 135 Å². The first-order chi connectivity index (χ1) is 11.0. The molecule has 1 aromatic carbocycles. The highest BCUT2D eigenvalue weighted by molar-refractivity contribution is 5.93. The lowest BCUT2D eigenvalue weighted by molar-refractivity contribution is -0.127. The minimum atomic E-state index is -0.363. The van der Waals surface area contributed by atoms with Crippen LogP contribution in [0.5, 0.6) is 0 Å². The van der Waals surface area contributed by atoms with Crippen LogP contribution >= 0.6 is 0 Å². The molecule has 2 heterocycles. The molecule has 1 aliphatic rings. The fraction of sp³-hybridized carbons (Fsp3) is 0.471. The van der Waals surface area contributed by atoms with E-state index in [1.807, 2.05) is 31.5 Å². The van der Waals surface area contributed by atoms with E-state index < -0.39 is 0 Å². The molecule has 0 radical (unpaired) electrons. The summed E-state index contributed by atoms with van der Waals surface area (Å²) in [5.74, 6) is 0.762. The van der Waals surface area contributed by atoms with Gasteiger partial charge in [0, 0.05) is 32.5 Å². The summed E-state index contributed by atoms with van der Waals surface area (Å²) in [4.78, 5) is 30.1. The van der Waals surface area contributed by atoms with Crippen LogP contribution in [0.2, 0.25) is 0 Å². The number of aromatic nitrogens is 2. The smallest absolute Gasteiger partial charge is 0.338 e. The van der Waals surface area contributed by atoms with Crippen molar-refractivity contribution < 1.29 is 14.3 Å². The highest BCUT2D eigenvalue weighted by Gasteiger charge is 2.29. The van der Waals surface area contributed by atoms with Gasteiger partial charge in [0.05, 0.1) is 23.2 Å². The normalized spacial score (nSPS) is 18.0. The van der Waals surface area contributed by atoms with Crippen LogP contribution in [-0.4, -0.2) is 46.0 Å². The van der Waals surface area contributed by atoms with Crippen LogP contribution in [0.15, 0.2) is 18.2 Å². The molecule has 1 amide bonds. The number of carbonyl (C=O) groups is 2. The fourth-order valence-corrected chi connectivity index (χ4v) is 3.00. The highest BCUT2D eigenvalue weighted by atomic mass is 16.5. The van der Waals surface area contributed by atoms with E-state index in [0.29, 0.717) is 25.1 Å². The third-order valence-corrected chi connectivity index (χ3v) is 4.47. The van der Waals surface area contributed by atoms with Gasteiger partial charge in [0.15, 0.2) is 0 Å². The number of ether oxygens (including phenoxy) is 1. The molecule has 1 atom stereocenters. The van der Waals surface area contributed by atoms with Crippen LogP contribution in [0, 0.1) is 12.8 Å². The van der Waals surface area contributed by atoms with Gasteiger partial charge in [0.2, 0.25) is 5.91 Å². The van der Waals surface area contributed by atoms with Gasteiger partial charge >= 0.3 is 5.97 Å². The summed E-state index contributed by atoms with van der Waals surface area (Å²) in [5.41, 5.74) is 2.26. The van der Waals surface area contributed by atoms with Crippen LogP contribution in [0.25, 0.3) is 11.0 Å². The van der Waals surface area contributed by atoms with Crippen molar-refractivity contribution in [3.63, 3.8) is 0 Å². The van der Waals surface area contributed by atoms with Crippen molar-refractivity contribution in [1.82, 2.24) is 14.5 Å². The maximum Gasteiger partial charge on any atom is 0.338 e. The molecule has 0 bridgehead atoms. The molecular formula is C17H21N3O3. The van der Waals surface area contributed by atoms with Gasteiger partial charge in [-0.05, 0) is 32.0 Å². The second-order valence-corrected chi connectivity index (χ2v) is 6.02. The summed E-state index contributed by atoms with van der Waals surface area (Å²) in [6.45, 7) is 5.53. The number of hydrogen-bond acceptors (Lipinski definition) is 4. The molecule has 1 aromatic heterocycles. The quantitative estimate of drug-likeness (QED) is 0.809. The zero-order valence-corrected chi connectivity index (χ0v) is 13.7. The molecule has 0 spiro atoms. The molecule has 1 fully saturated rings. The van der Waals surface area contributed by atoms with Crippen molar-refractivity contribution in [3.05, 3.63) is 29.6 Å². The molecule has 1 saturated heterocycles. The maximum atomic E-state index is 12.2. The second kappa shape index (κ2) is 6.02. The van der Waals surface area contributed by atoms with Gasteiger partial charge < -0.3 is 14.2 Å². The molecule has 6 nitrogen and oxygen atoms in total. The van der Waals surface area contributed by atoms with Crippen LogP contribution < -0.4 is 0 Å². The number of amides is 1. The molecule has 3 rings (SSSR count). The number of hydrogen-bond donors (Lipinski definition) is 0. The van der Waals surface area contributed by atoms with Gasteiger partial charge in [-0.2, -0.15) is 0 Å². The maximum absolute atomic E-state index is 12.2. The Bertz CT molecular complexity index is 766. The summed E-state index contributed by atoms with van der Waals surface area (Å²) in [5, 5.41) is 0. The van der Waals surface area contributed by atoms with Gasteiger partial charge in [-0.15, -0.1) is 0 Å². The predicted molar refractivity (Wildman–Crippen MR) is 86.1 cm³/mol. The molecule has 6 heteroatoms. The second-order valence-electron chi connectivity index (χ2n) is 6.02. The molecule has 2 aromatic rings. The van der Waals surface area contributed by atoms with Crippen molar-refractivity contribution in [2.75, 3.05) is 19.7 Å². The third kappa shape index (κ3) is 2.93. The van der Waals surface area contributed by atoms with Crippen LogP contribution in [-0.2, 0) is 16.6 Å². The SMILES string of the molecule is CCN1C[C@H](COC(=O)c2ccc3c(c2)nc(C)n3C)CC1=O. The average molecular weight is 315 g/mol. The van der Waals surface area contributed by atoms with Gasteiger partial charge in [0.1, 0.15) is 5.82 Å². The molecule has 1 aliphatic heterocycles. The van der Waals surface area contributed by atoms with Crippen molar-refractivity contribution in [1.29, 1.82) is 0 Å². The Morgan fingerprint density at radius 1 is 1.43 bits per heavy atom. The first kappa shape index (κ1) is 15.5. The molecule has 0 aliphatic carbocycles. The molecule has 0 unspecified atom stereocenters. The zero-order valence-electron chi connectivity index (χ0n) is 13.7. The van der Waals surface area contributed by atoms with E-state index in [2.05, 4.69) is 4.98 Å². The zero-order chi connectivity index (χ0) is 16.6. The summed E-state index contributed by atoms with van der Waals surface area (Å²) in [7, 11) is 1.94. The number of likely N-dealkylation sites (tertiary alicyclic amines) is 1. The number of rotatable bonds is 4. The van der Waals surface area contributed by atoms with Crippen molar-refractivity contribution in [3.8, 4) is 0 Å². The van der Waals surface area contributed by atoms with Gasteiger partial charge in [-0.1, -0.05) is 0 Å². The number of carbonyl (C=O) groups excluding carboxylic acids is 2. The van der Waals surface area contributed by atoms with Crippen molar-refractivity contribution >= 4 is 22.9 Å². The first-order valence-electron chi connectivity index (χ1n) is 7.87. The number of fused-ring (bicyclic) bond motifs is 1. The highest BCUT2D eigenvalue weighted by Crippen LogP contribution is 2.20. The van der Waals surface area contributed by atoms with Gasteiger partial charge in [-0.3, -0.25) is 4.79 Å². The molecule has 0 saturated carbocycles. The summed E-state index contributed by atoms with van der Waals surface area (Å²) >= 11 is 0. The summed E-state index contributed by atoms with van der Waals surface area (Å²) in [6, 6.07) is 5.39. The Balaban J connectivity index is 1.66. The van der Waals surface area contributed by atoms with Crippen LogP contribution in [0.3, 0.4) is 0 Å². The third-order valence-electron chi connectivity index (χ3n) is 4.47. The Kier molecular flexibility index (Phi) is 4.07. The van der Waals surface area contributed by atoms with E-state index in [9.17, 15) is 9.59 Å². The standard InChI is InChI=1S/C17H21N3O3/c1-4-20-9-12(7-16(20)21)10-23-17(22)13-5-6-15-14(8-13)18-11(2)19(15)3/h5-6,8,12H,4,7,9-10H2,1-3H3/t12-/m1/s1. The summed E-state index contributed by atoms with van der Waals surface area (Å²) < 4.78 is 7.37. The van der Waals surface area contributed by atoms with Gasteiger partial charge in [0.25, 0.3) is 0 Å². The first-order valence-corrected chi connectivity index (χ1v) is 7.87. The topological polar surface area (TPSA) is 64.4 Å². The van der Waals surface area contributed by atoms with E-state index in [1.165, 1.54) is 0 Å². The fourth-order valence-electron chi connectivity index (χ4n) is 3.00. The number of benzene rings is 1. The van der Waals surface area contributed by atoms with E-state index in [4.69, 9.17) is 4.74 Å². The summed E-state index contributed by atoms with van der Waals surface area (Å²) in [6.07, 6.45) is 0.458. The molecule has 0 N–H and O–H groups in total. The van der Waals surface area contributed by atoms with E-state index in [0.717, 1.165) is 16.9 Å². The Morgan fingerprint density at radius 3 is 2.91 bits per heavy atom. The predicted octanol–water partition coefficient (Wildman–Crippen LogP) is 1.91. The number of aryl methyl sites for hydroxylation is 2. The molecular weight excluding hydrogens is 294 g/mol. The van der Waals surface area contributed by atoms with Crippen LogP contribution in [0.1, 0.15) is 29.5 Å². The lowest BCUT2D eigenvalue weighted by Crippen LogP contribution is -2.25. The van der Waals surface area contributed by atoms with Crippen molar-refractivity contribution in [2.45, 2.75) is 20.3 Å². The average Bonchev–Trinajstić information content (AvgIpc) is 3.04. The lowest BCUT2D eigenvalue weighted by atomic mass is 10.1. The number of nitrogens with zero attached hydrogens (tertiary/aromatic N) is 3. The Morgan fingerprint density at radius 2 is 2.22 bits per heavy atom. The van der Waals surface area contributed by atoms with Crippen LogP contribution in [0.4, 0.5) is 0 Å². The number of esters is 1.